The van der Waals surface area contributed by atoms with Crippen molar-refractivity contribution in [2.75, 3.05) is 0 Å². The summed E-state index contributed by atoms with van der Waals surface area (Å²) >= 11 is 8.10. The molecule has 0 saturated heterocycles. The molecule has 0 spiro atoms. The van der Waals surface area contributed by atoms with Gasteiger partial charge >= 0.3 is 11.9 Å². The molecule has 2 aromatic carbocycles. The minimum atomic E-state index is -1.07. The summed E-state index contributed by atoms with van der Waals surface area (Å²) in [6.45, 7) is 0. The lowest BCUT2D eigenvalue weighted by molar-refractivity contribution is -0.138. The highest BCUT2D eigenvalue weighted by Crippen LogP contribution is 2.30. The minimum absolute atomic E-state index is 0.174. The SMILES string of the molecule is N[C@@H](Cc1cc(I)c(OC(=O)[C@@H](N)Cc2cc(I)c(O)c(I)c2)c(I)c1)C(=O)O. The van der Waals surface area contributed by atoms with E-state index in [-0.39, 0.29) is 18.6 Å². The Balaban J connectivity index is 2.12. The number of phenols is 1. The Hall–Kier alpha value is 0.0200. The maximum absolute atomic E-state index is 12.5. The number of hydrogen-bond donors (Lipinski definition) is 4. The van der Waals surface area contributed by atoms with Crippen LogP contribution in [0.25, 0.3) is 0 Å². The maximum Gasteiger partial charge on any atom is 0.328 e. The van der Waals surface area contributed by atoms with Crippen molar-refractivity contribution in [1.82, 2.24) is 0 Å². The number of aromatic hydroxyl groups is 1. The number of carbonyl (C=O) groups is 2. The molecule has 0 heterocycles. The van der Waals surface area contributed by atoms with Gasteiger partial charge in [0.15, 0.2) is 5.75 Å². The summed E-state index contributed by atoms with van der Waals surface area (Å²) in [5.74, 6) is -1.06. The average Bonchev–Trinajstić information content (AvgIpc) is 2.62. The van der Waals surface area contributed by atoms with Crippen molar-refractivity contribution in [2.45, 2.75) is 24.9 Å². The van der Waals surface area contributed by atoms with Gasteiger partial charge in [-0.25, -0.2) is 4.79 Å². The monoisotopic (exact) mass is 848 g/mol. The largest absolute Gasteiger partial charge is 0.506 e. The second-order valence-electron chi connectivity index (χ2n) is 6.18. The molecule has 0 aliphatic rings. The normalized spacial score (nSPS) is 13.0. The van der Waals surface area contributed by atoms with Gasteiger partial charge in [-0.2, -0.15) is 0 Å². The lowest BCUT2D eigenvalue weighted by atomic mass is 10.1. The van der Waals surface area contributed by atoms with E-state index in [0.29, 0.717) is 20.0 Å². The number of phenolic OH excluding ortho intramolecular Hbond substituents is 1. The van der Waals surface area contributed by atoms with Gasteiger partial charge in [-0.1, -0.05) is 0 Å². The zero-order chi connectivity index (χ0) is 21.9. The first-order valence-electron chi connectivity index (χ1n) is 8.10. The van der Waals surface area contributed by atoms with E-state index in [9.17, 15) is 14.7 Å². The van der Waals surface area contributed by atoms with Gasteiger partial charge in [0.05, 0.1) is 14.3 Å². The highest BCUT2D eigenvalue weighted by Gasteiger charge is 2.21. The molecule has 6 N–H and O–H groups in total. The van der Waals surface area contributed by atoms with Gasteiger partial charge in [0.25, 0.3) is 0 Å². The fourth-order valence-corrected chi connectivity index (χ4v) is 6.43. The summed E-state index contributed by atoms with van der Waals surface area (Å²) in [7, 11) is 0. The number of aliphatic carboxylic acids is 1. The highest BCUT2D eigenvalue weighted by atomic mass is 127. The maximum atomic E-state index is 12.5. The summed E-state index contributed by atoms with van der Waals surface area (Å²) in [5.41, 5.74) is 13.2. The second-order valence-corrected chi connectivity index (χ2v) is 10.8. The molecule has 0 aliphatic carbocycles. The minimum Gasteiger partial charge on any atom is -0.506 e. The third kappa shape index (κ3) is 7.01. The van der Waals surface area contributed by atoms with Gasteiger partial charge in [0, 0.05) is 0 Å². The summed E-state index contributed by atoms with van der Waals surface area (Å²) in [6.07, 6.45) is 0.441. The molecule has 0 aliphatic heterocycles. The van der Waals surface area contributed by atoms with E-state index in [4.69, 9.17) is 21.3 Å². The molecule has 0 radical (unpaired) electrons. The zero-order valence-corrected chi connectivity index (χ0v) is 23.3. The standard InChI is InChI=1S/C18H16I4N2O5/c19-9-1-7(2-10(20)15(9)25)6-14(24)18(28)29-16-11(21)3-8(4-12(16)22)5-13(23)17(26)27/h1-4,13-14,25H,5-6,23-24H2,(H,26,27)/t13-,14-/m0/s1. The Morgan fingerprint density at radius 3 is 1.72 bits per heavy atom. The van der Waals surface area contributed by atoms with Crippen LogP contribution in [0.2, 0.25) is 0 Å². The Morgan fingerprint density at radius 2 is 1.28 bits per heavy atom. The first kappa shape index (κ1) is 25.3. The van der Waals surface area contributed by atoms with E-state index >= 15 is 0 Å². The summed E-state index contributed by atoms with van der Waals surface area (Å²) in [5, 5.41) is 18.8. The van der Waals surface area contributed by atoms with Crippen LogP contribution in [0.5, 0.6) is 11.5 Å². The number of hydrogen-bond acceptors (Lipinski definition) is 6. The van der Waals surface area contributed by atoms with Crippen LogP contribution in [0.15, 0.2) is 24.3 Å². The molecule has 0 bridgehead atoms. The quantitative estimate of drug-likeness (QED) is 0.191. The van der Waals surface area contributed by atoms with Crippen LogP contribution in [-0.4, -0.2) is 34.2 Å². The molecule has 29 heavy (non-hydrogen) atoms. The van der Waals surface area contributed by atoms with Crippen molar-refractivity contribution in [2.24, 2.45) is 11.5 Å². The van der Waals surface area contributed by atoms with Gasteiger partial charge in [-0.15, -0.1) is 0 Å². The van der Waals surface area contributed by atoms with Crippen molar-refractivity contribution >= 4 is 102 Å². The average molecular weight is 848 g/mol. The first-order valence-corrected chi connectivity index (χ1v) is 12.4. The second kappa shape index (κ2) is 11.1. The van der Waals surface area contributed by atoms with E-state index in [0.717, 1.165) is 11.1 Å². The molecular formula is C18H16I4N2O5. The van der Waals surface area contributed by atoms with Crippen molar-refractivity contribution in [3.8, 4) is 11.5 Å². The lowest BCUT2D eigenvalue weighted by Gasteiger charge is -2.16. The molecule has 0 aromatic heterocycles. The number of esters is 1. The number of ether oxygens (including phenoxy) is 1. The number of carboxylic acids is 1. The number of carbonyl (C=O) groups excluding carboxylic acids is 1. The number of benzene rings is 2. The summed E-state index contributed by atoms with van der Waals surface area (Å²) in [6, 6.07) is 5.16. The van der Waals surface area contributed by atoms with E-state index < -0.39 is 24.0 Å². The smallest absolute Gasteiger partial charge is 0.328 e. The van der Waals surface area contributed by atoms with Crippen LogP contribution in [0, 0.1) is 14.3 Å². The van der Waals surface area contributed by atoms with Gasteiger partial charge in [0.1, 0.15) is 17.8 Å². The van der Waals surface area contributed by atoms with Crippen molar-refractivity contribution in [1.29, 1.82) is 0 Å². The number of halogens is 4. The Morgan fingerprint density at radius 1 is 0.862 bits per heavy atom. The van der Waals surface area contributed by atoms with E-state index in [1.807, 2.05) is 90.4 Å². The van der Waals surface area contributed by atoms with Crippen LogP contribution in [0.3, 0.4) is 0 Å². The fourth-order valence-electron chi connectivity index (χ4n) is 2.42. The van der Waals surface area contributed by atoms with Gasteiger partial charge < -0.3 is 26.4 Å². The molecule has 0 unspecified atom stereocenters. The molecular weight excluding hydrogens is 832 g/mol. The molecule has 2 rings (SSSR count). The van der Waals surface area contributed by atoms with E-state index in [2.05, 4.69) is 0 Å². The van der Waals surface area contributed by atoms with Crippen LogP contribution in [-0.2, 0) is 22.4 Å². The van der Waals surface area contributed by atoms with E-state index in [1.54, 1.807) is 24.3 Å². The van der Waals surface area contributed by atoms with Crippen molar-refractivity contribution < 1.29 is 24.5 Å². The Bertz CT molecular complexity index is 908. The first-order chi connectivity index (χ1) is 13.5. The highest BCUT2D eigenvalue weighted by molar-refractivity contribution is 14.1. The van der Waals surface area contributed by atoms with Crippen molar-refractivity contribution in [3.05, 3.63) is 49.7 Å². The fraction of sp³-hybridized carbons (Fsp3) is 0.222. The van der Waals surface area contributed by atoms with Crippen LogP contribution in [0.1, 0.15) is 11.1 Å². The Kier molecular flexibility index (Phi) is 9.64. The molecule has 7 nitrogen and oxygen atoms in total. The third-order valence-corrected chi connectivity index (χ3v) is 7.12. The predicted molar refractivity (Wildman–Crippen MR) is 142 cm³/mol. The van der Waals surface area contributed by atoms with Crippen molar-refractivity contribution in [3.63, 3.8) is 0 Å². The zero-order valence-electron chi connectivity index (χ0n) is 14.7. The third-order valence-electron chi connectivity index (χ3n) is 3.87. The molecule has 2 aromatic rings. The molecule has 2 atom stereocenters. The topological polar surface area (TPSA) is 136 Å². The van der Waals surface area contributed by atoms with Crippen LogP contribution < -0.4 is 16.2 Å². The number of rotatable bonds is 7. The van der Waals surface area contributed by atoms with Crippen LogP contribution >= 0.6 is 90.4 Å². The summed E-state index contributed by atoms with van der Waals surface area (Å²) in [4.78, 5) is 23.5. The molecule has 0 saturated carbocycles. The number of carboxylic acid groups (broad SMARTS) is 1. The molecule has 156 valence electrons. The van der Waals surface area contributed by atoms with Gasteiger partial charge in [-0.3, -0.25) is 4.79 Å². The lowest BCUT2D eigenvalue weighted by Crippen LogP contribution is -2.36. The summed E-state index contributed by atoms with van der Waals surface area (Å²) < 4.78 is 8.22. The number of nitrogens with two attached hydrogens (primary N) is 2. The Labute approximate surface area is 221 Å². The predicted octanol–water partition coefficient (Wildman–Crippen LogP) is 3.24. The molecule has 0 amide bonds. The molecule has 0 fully saturated rings. The van der Waals surface area contributed by atoms with Crippen LogP contribution in [0.4, 0.5) is 0 Å². The van der Waals surface area contributed by atoms with Gasteiger partial charge in [0.2, 0.25) is 0 Å². The van der Waals surface area contributed by atoms with E-state index in [1.165, 1.54) is 0 Å². The molecule has 11 heteroatoms. The van der Waals surface area contributed by atoms with Gasteiger partial charge in [-0.05, 0) is 139 Å².